The van der Waals surface area contributed by atoms with Crippen molar-refractivity contribution in [3.05, 3.63) is 182 Å². The molecule has 1 rings (SSSR count). The molecular weight excluding hydrogens is 1010 g/mol. The fourth-order valence-electron chi connectivity index (χ4n) is 8.52. The van der Waals surface area contributed by atoms with Crippen LogP contribution in [0.3, 0.4) is 0 Å². The lowest BCUT2D eigenvalue weighted by atomic mass is 9.99. The molecule has 1 heterocycles. The van der Waals surface area contributed by atoms with Gasteiger partial charge in [0.15, 0.2) is 6.29 Å². The first-order valence-corrected chi connectivity index (χ1v) is 31.5. The van der Waals surface area contributed by atoms with Crippen molar-refractivity contribution in [1.29, 1.82) is 0 Å². The summed E-state index contributed by atoms with van der Waals surface area (Å²) in [6, 6.07) is -0.856. The molecule has 0 spiro atoms. The number of nitrogens with one attached hydrogen (secondary N) is 1. The van der Waals surface area contributed by atoms with Gasteiger partial charge in [0.1, 0.15) is 24.4 Å². The van der Waals surface area contributed by atoms with Gasteiger partial charge in [-0.3, -0.25) is 4.79 Å². The summed E-state index contributed by atoms with van der Waals surface area (Å²) in [7, 11) is 0. The number of aliphatic hydroxyl groups is 5. The topological polar surface area (TPSA) is 149 Å². The summed E-state index contributed by atoms with van der Waals surface area (Å²) in [6.45, 7) is 3.60. The largest absolute Gasteiger partial charge is 0.394 e. The number of hydrogen-bond acceptors (Lipinski definition) is 8. The predicted molar refractivity (Wildman–Crippen MR) is 345 cm³/mol. The highest BCUT2D eigenvalue weighted by molar-refractivity contribution is 5.76. The van der Waals surface area contributed by atoms with Gasteiger partial charge in [0.05, 0.1) is 25.4 Å². The average Bonchev–Trinajstić information content (AvgIpc) is 3.49. The highest BCUT2D eigenvalue weighted by Crippen LogP contribution is 2.22. The van der Waals surface area contributed by atoms with E-state index >= 15 is 0 Å². The van der Waals surface area contributed by atoms with Crippen LogP contribution in [0.4, 0.5) is 0 Å². The number of hydrogen-bond donors (Lipinski definition) is 6. The summed E-state index contributed by atoms with van der Waals surface area (Å²) in [5.74, 6) is -0.224. The average molecular weight is 1120 g/mol. The number of carbonyl (C=O) groups excluding carboxylic acids is 1. The van der Waals surface area contributed by atoms with Crippen molar-refractivity contribution < 1.29 is 39.8 Å². The molecule has 1 amide bonds. The molecular formula is C72H113NO8. The molecule has 0 bridgehead atoms. The normalized spacial score (nSPS) is 19.7. The number of unbranched alkanes of at least 4 members (excludes halogenated alkanes) is 13. The van der Waals surface area contributed by atoms with E-state index in [0.717, 1.165) is 128 Å². The SMILES string of the molecule is CC/C=C\C/C=C\C/C=C\C/C=C\C/C=C\C/C=C\C/C=C\C/C=C\C/C=C\C/C=C\C/C=C\C/C=C\CCCCCCC(=O)NC(COC1OC(CO)C(O)C(O)C1O)C(O)/C=C/CC/C=C/CC/C=C/CCCCCCCCC. The van der Waals surface area contributed by atoms with E-state index in [2.05, 4.69) is 189 Å². The molecule has 0 radical (unpaired) electrons. The summed E-state index contributed by atoms with van der Waals surface area (Å²) in [5, 5.41) is 54.5. The Hall–Kier alpha value is -4.71. The van der Waals surface area contributed by atoms with Crippen LogP contribution in [0.25, 0.3) is 0 Å². The molecule has 7 unspecified atom stereocenters. The molecule has 0 aliphatic carbocycles. The summed E-state index contributed by atoms with van der Waals surface area (Å²) in [4.78, 5) is 13.1. The van der Waals surface area contributed by atoms with E-state index in [4.69, 9.17) is 9.47 Å². The lowest BCUT2D eigenvalue weighted by Crippen LogP contribution is -2.60. The molecule has 6 N–H and O–H groups in total. The number of ether oxygens (including phenoxy) is 2. The van der Waals surface area contributed by atoms with E-state index in [1.807, 2.05) is 6.08 Å². The summed E-state index contributed by atoms with van der Waals surface area (Å²) in [6.07, 6.45) is 88.2. The quantitative estimate of drug-likeness (QED) is 0.0261. The lowest BCUT2D eigenvalue weighted by molar-refractivity contribution is -0.302. The van der Waals surface area contributed by atoms with Gasteiger partial charge >= 0.3 is 0 Å². The first-order valence-electron chi connectivity index (χ1n) is 31.5. The Bertz CT molecular complexity index is 1920. The van der Waals surface area contributed by atoms with Crippen LogP contribution < -0.4 is 5.32 Å². The van der Waals surface area contributed by atoms with Crippen LogP contribution in [0.5, 0.6) is 0 Å². The fraction of sp³-hybridized carbons (Fsp3) is 0.569. The van der Waals surface area contributed by atoms with E-state index in [-0.39, 0.29) is 12.5 Å². The minimum Gasteiger partial charge on any atom is -0.394 e. The Labute approximate surface area is 493 Å². The molecule has 0 aromatic heterocycles. The van der Waals surface area contributed by atoms with Crippen molar-refractivity contribution in [3.63, 3.8) is 0 Å². The molecule has 0 saturated carbocycles. The highest BCUT2D eigenvalue weighted by Gasteiger charge is 2.44. The number of rotatable bonds is 51. The Balaban J connectivity index is 2.23. The zero-order chi connectivity index (χ0) is 58.6. The smallest absolute Gasteiger partial charge is 0.220 e. The van der Waals surface area contributed by atoms with Crippen LogP contribution in [0.1, 0.15) is 206 Å². The molecule has 81 heavy (non-hydrogen) atoms. The van der Waals surface area contributed by atoms with E-state index in [9.17, 15) is 30.3 Å². The summed E-state index contributed by atoms with van der Waals surface area (Å²) >= 11 is 0. The van der Waals surface area contributed by atoms with Crippen LogP contribution >= 0.6 is 0 Å². The predicted octanol–water partition coefficient (Wildman–Crippen LogP) is 16.7. The van der Waals surface area contributed by atoms with Crippen molar-refractivity contribution in [2.45, 2.75) is 249 Å². The van der Waals surface area contributed by atoms with Crippen LogP contribution in [-0.4, -0.2) is 87.5 Å². The van der Waals surface area contributed by atoms with Gasteiger partial charge in [0.25, 0.3) is 0 Å². The minimum absolute atomic E-state index is 0.224. The second kappa shape index (κ2) is 58.5. The van der Waals surface area contributed by atoms with Gasteiger partial charge in [0, 0.05) is 6.42 Å². The molecule has 1 aliphatic heterocycles. The Kier molecular flexibility index (Phi) is 53.6. The van der Waals surface area contributed by atoms with E-state index in [0.29, 0.717) is 19.3 Å². The third kappa shape index (κ3) is 47.5. The van der Waals surface area contributed by atoms with Crippen molar-refractivity contribution >= 4 is 5.91 Å². The van der Waals surface area contributed by atoms with E-state index in [1.165, 1.54) is 44.9 Å². The molecule has 1 fully saturated rings. The van der Waals surface area contributed by atoms with Crippen LogP contribution in [0, 0.1) is 0 Å². The Morgan fingerprint density at radius 2 is 0.778 bits per heavy atom. The maximum atomic E-state index is 13.1. The first kappa shape index (κ1) is 74.3. The Morgan fingerprint density at radius 3 is 1.19 bits per heavy atom. The monoisotopic (exact) mass is 1120 g/mol. The third-order valence-corrected chi connectivity index (χ3v) is 13.4. The van der Waals surface area contributed by atoms with Crippen molar-refractivity contribution in [3.8, 4) is 0 Å². The molecule has 0 aromatic rings. The van der Waals surface area contributed by atoms with Crippen LogP contribution in [0.15, 0.2) is 182 Å². The summed E-state index contributed by atoms with van der Waals surface area (Å²) < 4.78 is 11.2. The van der Waals surface area contributed by atoms with Crippen molar-refractivity contribution in [1.82, 2.24) is 5.32 Å². The van der Waals surface area contributed by atoms with E-state index in [1.54, 1.807) is 6.08 Å². The van der Waals surface area contributed by atoms with Gasteiger partial charge < -0.3 is 40.3 Å². The second-order valence-corrected chi connectivity index (χ2v) is 20.7. The van der Waals surface area contributed by atoms with Gasteiger partial charge in [-0.1, -0.05) is 247 Å². The molecule has 454 valence electrons. The zero-order valence-corrected chi connectivity index (χ0v) is 50.5. The molecule has 1 saturated heterocycles. The van der Waals surface area contributed by atoms with Gasteiger partial charge in [-0.05, 0) is 135 Å². The number of carbonyl (C=O) groups is 1. The molecule has 1 aliphatic rings. The Morgan fingerprint density at radius 1 is 0.432 bits per heavy atom. The maximum absolute atomic E-state index is 13.1. The number of allylic oxidation sites excluding steroid dienone is 29. The van der Waals surface area contributed by atoms with Gasteiger partial charge in [-0.2, -0.15) is 0 Å². The van der Waals surface area contributed by atoms with Crippen LogP contribution in [-0.2, 0) is 14.3 Å². The molecule has 0 aromatic carbocycles. The minimum atomic E-state index is -1.59. The standard InChI is InChI=1S/C72H113NO8/c1-3-5-7-9-11-13-15-17-19-21-22-23-24-25-26-27-28-29-30-31-32-33-34-35-36-37-38-39-40-41-42-43-44-46-48-50-52-54-56-58-60-62-68(76)73-65(64-80-72-71(79)70(78)69(77)67(63-74)81-72)66(75)61-59-57-55-53-51-49-47-45-20-18-16-14-12-10-8-6-4-2/h5,7,11,13,17,19-20,22-23,25-26,28-29,31-32,34-35,37-38,40-41,43-45,48,50-51,53,59,61,65-67,69-72,74-75,77-79H,3-4,6,8-10,12,14-16,18,21,24,27,30,33,36,39,42,46-47,49,52,54-58,60,62-64H2,1-2H3,(H,73,76)/b7-5-,13-11-,19-17-,23-22-,26-25-,29-28-,32-31-,35-34-,38-37-,41-40-,44-43-,45-20+,50-48-,53-51+,61-59+. The second-order valence-electron chi connectivity index (χ2n) is 20.7. The van der Waals surface area contributed by atoms with Crippen molar-refractivity contribution in [2.75, 3.05) is 13.2 Å². The molecule has 7 atom stereocenters. The maximum Gasteiger partial charge on any atom is 0.220 e. The summed E-state index contributed by atoms with van der Waals surface area (Å²) in [5.41, 5.74) is 0. The fourth-order valence-corrected chi connectivity index (χ4v) is 8.52. The van der Waals surface area contributed by atoms with Crippen molar-refractivity contribution in [2.24, 2.45) is 0 Å². The zero-order valence-electron chi connectivity index (χ0n) is 50.5. The first-order chi connectivity index (χ1) is 39.8. The van der Waals surface area contributed by atoms with E-state index < -0.39 is 49.5 Å². The van der Waals surface area contributed by atoms with Crippen LogP contribution in [0.2, 0.25) is 0 Å². The lowest BCUT2D eigenvalue weighted by Gasteiger charge is -2.40. The molecule has 9 heteroatoms. The van der Waals surface area contributed by atoms with Gasteiger partial charge in [-0.25, -0.2) is 0 Å². The molecule has 9 nitrogen and oxygen atoms in total. The number of amides is 1. The highest BCUT2D eigenvalue weighted by atomic mass is 16.7. The van der Waals surface area contributed by atoms with Gasteiger partial charge in [0.2, 0.25) is 5.91 Å². The third-order valence-electron chi connectivity index (χ3n) is 13.4. The number of aliphatic hydroxyl groups excluding tert-OH is 5. The van der Waals surface area contributed by atoms with Gasteiger partial charge in [-0.15, -0.1) is 0 Å².